The van der Waals surface area contributed by atoms with E-state index in [1.807, 2.05) is 73.8 Å². The van der Waals surface area contributed by atoms with Crippen molar-refractivity contribution in [3.05, 3.63) is 75.9 Å². The number of para-hydroxylation sites is 1. The van der Waals surface area contributed by atoms with Gasteiger partial charge < -0.3 is 9.88 Å². The molecule has 0 saturated heterocycles. The maximum Gasteiger partial charge on any atom is 0.260 e. The molecule has 4 aromatic rings. The number of nitrogens with one attached hydrogen (secondary N) is 1. The van der Waals surface area contributed by atoms with E-state index in [4.69, 9.17) is 0 Å². The number of hydrogen-bond acceptors (Lipinski definition) is 5. The maximum atomic E-state index is 12.8. The molecule has 1 N–H and O–H groups in total. The third-order valence-electron chi connectivity index (χ3n) is 4.80. The lowest BCUT2D eigenvalue weighted by Gasteiger charge is -2.20. The summed E-state index contributed by atoms with van der Waals surface area (Å²) in [6.07, 6.45) is 0. The third kappa shape index (κ3) is 4.17. The summed E-state index contributed by atoms with van der Waals surface area (Å²) in [5.74, 6) is 0.177. The number of rotatable bonds is 6. The molecule has 0 aliphatic heterocycles. The van der Waals surface area contributed by atoms with Crippen molar-refractivity contribution in [3.63, 3.8) is 0 Å². The second kappa shape index (κ2) is 8.85. The van der Waals surface area contributed by atoms with Crippen LogP contribution >= 0.6 is 23.1 Å². The number of thioether (sulfide) groups is 1. The van der Waals surface area contributed by atoms with Crippen LogP contribution in [0.5, 0.6) is 0 Å². The maximum absolute atomic E-state index is 12.8. The van der Waals surface area contributed by atoms with Crippen molar-refractivity contribution >= 4 is 44.9 Å². The number of aromatic amines is 1. The van der Waals surface area contributed by atoms with Crippen LogP contribution < -0.4 is 10.5 Å². The number of anilines is 1. The van der Waals surface area contributed by atoms with Crippen LogP contribution in [0, 0.1) is 6.92 Å². The molecule has 4 rings (SSSR count). The van der Waals surface area contributed by atoms with Gasteiger partial charge in [-0.2, -0.15) is 0 Å². The second-order valence-electron chi connectivity index (χ2n) is 6.83. The number of carbonyl (C=O) groups is 1. The largest absolute Gasteiger partial charge is 0.312 e. The lowest BCUT2D eigenvalue weighted by atomic mass is 10.1. The lowest BCUT2D eigenvalue weighted by molar-refractivity contribution is -0.116. The van der Waals surface area contributed by atoms with Crippen LogP contribution in [-0.2, 0) is 4.79 Å². The van der Waals surface area contributed by atoms with Crippen molar-refractivity contribution < 1.29 is 4.79 Å². The van der Waals surface area contributed by atoms with Gasteiger partial charge >= 0.3 is 0 Å². The number of thiophene rings is 1. The summed E-state index contributed by atoms with van der Waals surface area (Å²) in [6.45, 7) is 4.56. The molecule has 0 fully saturated rings. The average Bonchev–Trinajstić information content (AvgIpc) is 3.19. The van der Waals surface area contributed by atoms with Crippen LogP contribution in [0.3, 0.4) is 0 Å². The van der Waals surface area contributed by atoms with Gasteiger partial charge in [-0.05, 0) is 31.5 Å². The summed E-state index contributed by atoms with van der Waals surface area (Å²) in [6, 6.07) is 17.7. The summed E-state index contributed by atoms with van der Waals surface area (Å²) in [5.41, 5.74) is 3.74. The Hall–Kier alpha value is -2.90. The van der Waals surface area contributed by atoms with E-state index in [9.17, 15) is 9.59 Å². The van der Waals surface area contributed by atoms with Gasteiger partial charge in [-0.15, -0.1) is 11.3 Å². The summed E-state index contributed by atoms with van der Waals surface area (Å²) in [4.78, 5) is 35.3. The van der Waals surface area contributed by atoms with Gasteiger partial charge in [0.15, 0.2) is 5.16 Å². The average molecular weight is 436 g/mol. The summed E-state index contributed by atoms with van der Waals surface area (Å²) >= 11 is 2.70. The molecule has 7 heteroatoms. The zero-order valence-electron chi connectivity index (χ0n) is 16.7. The predicted octanol–water partition coefficient (Wildman–Crippen LogP) is 5.11. The van der Waals surface area contributed by atoms with Gasteiger partial charge in [0.1, 0.15) is 4.83 Å². The van der Waals surface area contributed by atoms with E-state index in [0.29, 0.717) is 21.9 Å². The highest BCUT2D eigenvalue weighted by molar-refractivity contribution is 7.99. The molecule has 2 aromatic heterocycles. The molecule has 0 aliphatic rings. The molecule has 30 heavy (non-hydrogen) atoms. The molecule has 0 saturated carbocycles. The van der Waals surface area contributed by atoms with Crippen molar-refractivity contribution in [1.29, 1.82) is 0 Å². The first-order valence-electron chi connectivity index (χ1n) is 9.63. The van der Waals surface area contributed by atoms with E-state index in [2.05, 4.69) is 9.97 Å². The minimum atomic E-state index is -0.179. The Kier molecular flexibility index (Phi) is 6.01. The molecule has 152 valence electrons. The lowest BCUT2D eigenvalue weighted by Crippen LogP contribution is -2.32. The van der Waals surface area contributed by atoms with Gasteiger partial charge in [0.25, 0.3) is 5.56 Å². The van der Waals surface area contributed by atoms with Crippen molar-refractivity contribution in [2.75, 3.05) is 17.2 Å². The molecule has 0 atom stereocenters. The van der Waals surface area contributed by atoms with E-state index in [0.717, 1.165) is 16.8 Å². The highest BCUT2D eigenvalue weighted by Crippen LogP contribution is 2.31. The van der Waals surface area contributed by atoms with Gasteiger partial charge in [-0.3, -0.25) is 9.59 Å². The Morgan fingerprint density at radius 1 is 1.13 bits per heavy atom. The van der Waals surface area contributed by atoms with Crippen LogP contribution in [-0.4, -0.2) is 28.2 Å². The molecule has 5 nitrogen and oxygen atoms in total. The van der Waals surface area contributed by atoms with Crippen molar-refractivity contribution in [2.24, 2.45) is 0 Å². The van der Waals surface area contributed by atoms with Crippen molar-refractivity contribution in [2.45, 2.75) is 19.0 Å². The van der Waals surface area contributed by atoms with E-state index in [1.165, 1.54) is 28.7 Å². The Bertz CT molecular complexity index is 1230. The number of carbonyl (C=O) groups excluding carboxylic acids is 1. The smallest absolute Gasteiger partial charge is 0.260 e. The second-order valence-corrected chi connectivity index (χ2v) is 8.65. The van der Waals surface area contributed by atoms with Crippen LogP contribution in [0.2, 0.25) is 0 Å². The number of fused-ring (bicyclic) bond motifs is 1. The molecule has 1 amide bonds. The number of H-pyrrole nitrogens is 1. The van der Waals surface area contributed by atoms with E-state index in [-0.39, 0.29) is 17.2 Å². The first kappa shape index (κ1) is 20.4. The van der Waals surface area contributed by atoms with E-state index >= 15 is 0 Å². The SMILES string of the molecule is CCN(C(=O)CSc1nc2scc(-c3ccc(C)cc3)c2c(=O)[nH]1)c1ccccc1. The Morgan fingerprint density at radius 2 is 1.87 bits per heavy atom. The van der Waals surface area contributed by atoms with Crippen molar-refractivity contribution in [1.82, 2.24) is 9.97 Å². The fourth-order valence-electron chi connectivity index (χ4n) is 3.26. The highest BCUT2D eigenvalue weighted by Gasteiger charge is 2.17. The number of nitrogens with zero attached hydrogens (tertiary/aromatic N) is 2. The van der Waals surface area contributed by atoms with Crippen LogP contribution in [0.15, 0.2) is 69.9 Å². The highest BCUT2D eigenvalue weighted by atomic mass is 32.2. The van der Waals surface area contributed by atoms with Gasteiger partial charge in [-0.1, -0.05) is 59.8 Å². The minimum Gasteiger partial charge on any atom is -0.312 e. The number of aryl methyl sites for hydroxylation is 1. The first-order chi connectivity index (χ1) is 14.6. The third-order valence-corrected chi connectivity index (χ3v) is 6.53. The Labute approximate surface area is 182 Å². The number of hydrogen-bond donors (Lipinski definition) is 1. The zero-order chi connectivity index (χ0) is 21.1. The molecule has 0 unspecified atom stereocenters. The molecule has 0 bridgehead atoms. The van der Waals surface area contributed by atoms with Crippen LogP contribution in [0.4, 0.5) is 5.69 Å². The molecule has 0 radical (unpaired) electrons. The standard InChI is InChI=1S/C23H21N3O2S2/c1-3-26(17-7-5-4-6-8-17)19(27)14-30-23-24-21(28)20-18(13-29-22(20)25-23)16-11-9-15(2)10-12-16/h4-13H,3,14H2,1-2H3,(H,24,25,28). The molecular formula is C23H21N3O2S2. The first-order valence-corrected chi connectivity index (χ1v) is 11.5. The number of aromatic nitrogens is 2. The minimum absolute atomic E-state index is 0.0250. The molecule has 0 spiro atoms. The van der Waals surface area contributed by atoms with Crippen molar-refractivity contribution in [3.8, 4) is 11.1 Å². The quantitative estimate of drug-likeness (QED) is 0.338. The van der Waals surface area contributed by atoms with Crippen LogP contribution in [0.1, 0.15) is 12.5 Å². The van der Waals surface area contributed by atoms with Gasteiger partial charge in [0.05, 0.1) is 11.1 Å². The van der Waals surface area contributed by atoms with Gasteiger partial charge in [0, 0.05) is 23.2 Å². The molecule has 2 aromatic carbocycles. The normalized spacial score (nSPS) is 11.0. The van der Waals surface area contributed by atoms with E-state index < -0.39 is 0 Å². The van der Waals surface area contributed by atoms with Crippen LogP contribution in [0.25, 0.3) is 21.3 Å². The number of benzene rings is 2. The summed E-state index contributed by atoms with van der Waals surface area (Å²) in [5, 5.41) is 3.02. The molecule has 2 heterocycles. The zero-order valence-corrected chi connectivity index (χ0v) is 18.3. The van der Waals surface area contributed by atoms with Gasteiger partial charge in [-0.25, -0.2) is 4.98 Å². The number of amides is 1. The van der Waals surface area contributed by atoms with Gasteiger partial charge in [0.2, 0.25) is 5.91 Å². The fourth-order valence-corrected chi connectivity index (χ4v) is 5.00. The fraction of sp³-hybridized carbons (Fsp3) is 0.174. The summed E-state index contributed by atoms with van der Waals surface area (Å²) in [7, 11) is 0. The van der Waals surface area contributed by atoms with E-state index in [1.54, 1.807) is 4.90 Å². The topological polar surface area (TPSA) is 66.1 Å². The molecular weight excluding hydrogens is 414 g/mol. The Morgan fingerprint density at radius 3 is 2.57 bits per heavy atom. The summed E-state index contributed by atoms with van der Waals surface area (Å²) < 4.78 is 0. The molecule has 0 aliphatic carbocycles. The predicted molar refractivity (Wildman–Crippen MR) is 126 cm³/mol. The Balaban J connectivity index is 1.55. The monoisotopic (exact) mass is 435 g/mol.